The van der Waals surface area contributed by atoms with Gasteiger partial charge < -0.3 is 25.1 Å². The van der Waals surface area contributed by atoms with E-state index in [-0.39, 0.29) is 29.7 Å². The van der Waals surface area contributed by atoms with E-state index in [0.29, 0.717) is 56.6 Å². The lowest BCUT2D eigenvalue weighted by atomic mass is 9.87. The van der Waals surface area contributed by atoms with E-state index in [1.807, 2.05) is 24.1 Å². The molecule has 3 atom stereocenters. The number of nitrogens with one attached hydrogen (secondary N) is 1. The van der Waals surface area contributed by atoms with Gasteiger partial charge in [0, 0.05) is 67.9 Å². The fraction of sp³-hybridized carbons (Fsp3) is 0.484. The van der Waals surface area contributed by atoms with Crippen molar-refractivity contribution >= 4 is 49.8 Å². The van der Waals surface area contributed by atoms with Gasteiger partial charge in [-0.2, -0.15) is 4.98 Å². The lowest BCUT2D eigenvalue weighted by Gasteiger charge is -2.48. The zero-order chi connectivity index (χ0) is 30.5. The van der Waals surface area contributed by atoms with Crippen LogP contribution in [0.2, 0.25) is 0 Å². The molecule has 2 aromatic heterocycles. The van der Waals surface area contributed by atoms with E-state index < -0.39 is 15.4 Å². The third-order valence-corrected chi connectivity index (χ3v) is 10.2. The molecule has 3 aliphatic rings. The van der Waals surface area contributed by atoms with Crippen molar-refractivity contribution in [2.75, 3.05) is 53.3 Å². The summed E-state index contributed by atoms with van der Waals surface area (Å²) in [6.45, 7) is 10.3. The summed E-state index contributed by atoms with van der Waals surface area (Å²) >= 11 is 0. The highest BCUT2D eigenvalue weighted by atomic mass is 32.2. The quantitative estimate of drug-likeness (QED) is 0.368. The monoisotopic (exact) mass is 605 g/mol. The van der Waals surface area contributed by atoms with E-state index in [2.05, 4.69) is 45.7 Å². The second kappa shape index (κ2) is 11.1. The molecule has 1 amide bonds. The number of hydrogen-bond donors (Lipinski definition) is 2. The van der Waals surface area contributed by atoms with Crippen LogP contribution in [-0.2, 0) is 14.6 Å². The van der Waals surface area contributed by atoms with Gasteiger partial charge in [-0.15, -0.1) is 0 Å². The Hall–Kier alpha value is -3.77. The number of amides is 1. The topological polar surface area (TPSA) is 132 Å². The maximum absolute atomic E-state index is 12.5. The Morgan fingerprint density at radius 3 is 2.58 bits per heavy atom. The molecule has 0 radical (unpaired) electrons. The number of benzene rings is 1. The number of aromatic nitrogens is 3. The molecule has 0 aliphatic carbocycles. The van der Waals surface area contributed by atoms with Crippen LogP contribution in [0.5, 0.6) is 0 Å². The van der Waals surface area contributed by atoms with E-state index in [1.54, 1.807) is 12.3 Å². The number of hydrogen-bond acceptors (Lipinski definition) is 10. The van der Waals surface area contributed by atoms with Gasteiger partial charge in [-0.05, 0) is 68.3 Å². The lowest BCUT2D eigenvalue weighted by Crippen LogP contribution is -2.57. The zero-order valence-corrected chi connectivity index (χ0v) is 25.7. The molecule has 43 heavy (non-hydrogen) atoms. The minimum atomic E-state index is -3.06. The van der Waals surface area contributed by atoms with Gasteiger partial charge in [0.15, 0.2) is 0 Å². The van der Waals surface area contributed by atoms with Crippen molar-refractivity contribution in [3.05, 3.63) is 54.9 Å². The van der Waals surface area contributed by atoms with Gasteiger partial charge in [0.05, 0.1) is 17.4 Å². The predicted molar refractivity (Wildman–Crippen MR) is 168 cm³/mol. The summed E-state index contributed by atoms with van der Waals surface area (Å²) in [6, 6.07) is 7.96. The van der Waals surface area contributed by atoms with Crippen molar-refractivity contribution in [1.29, 1.82) is 0 Å². The standard InChI is InChI=1S/C31H39N7O4S/c1-5-29(39)37-13-9-26(37)22-6-7-25(38-18-21(20(38)2)19-43(4,41)42)24-17-33-28(16-23(22)24)34-27-8-12-32-30(35-27)36-14-10-31(3,40)11-15-36/h5-8,12,16-17,20-21,26,40H,1,9-11,13-15,18-19H2,2-4H3,(H,32,33,34,35)/t20-,21-,26+/m1/s1. The molecular formula is C31H39N7O4S. The predicted octanol–water partition coefficient (Wildman–Crippen LogP) is 3.45. The van der Waals surface area contributed by atoms with E-state index in [9.17, 15) is 18.3 Å². The summed E-state index contributed by atoms with van der Waals surface area (Å²) in [7, 11) is -3.06. The fourth-order valence-corrected chi connectivity index (χ4v) is 7.59. The Morgan fingerprint density at radius 2 is 1.93 bits per heavy atom. The van der Waals surface area contributed by atoms with Crippen molar-refractivity contribution in [3.8, 4) is 0 Å². The molecule has 12 heteroatoms. The van der Waals surface area contributed by atoms with Gasteiger partial charge in [-0.25, -0.2) is 18.4 Å². The van der Waals surface area contributed by atoms with Gasteiger partial charge in [0.2, 0.25) is 11.9 Å². The number of carbonyl (C=O) groups excluding carboxylic acids is 1. The van der Waals surface area contributed by atoms with Gasteiger partial charge in [0.1, 0.15) is 21.5 Å². The summed E-state index contributed by atoms with van der Waals surface area (Å²) in [5.41, 5.74) is 1.38. The molecule has 228 valence electrons. The number of carbonyl (C=O) groups is 1. The minimum Gasteiger partial charge on any atom is -0.390 e. The molecule has 0 bridgehead atoms. The number of anilines is 4. The van der Waals surface area contributed by atoms with Crippen molar-refractivity contribution in [2.45, 2.75) is 50.8 Å². The first-order chi connectivity index (χ1) is 20.4. The number of aliphatic hydroxyl groups is 1. The van der Waals surface area contributed by atoms with Crippen LogP contribution in [0.3, 0.4) is 0 Å². The third-order valence-electron chi connectivity index (χ3n) is 9.20. The Morgan fingerprint density at radius 1 is 1.16 bits per heavy atom. The molecular weight excluding hydrogens is 566 g/mol. The Balaban J connectivity index is 1.32. The maximum atomic E-state index is 12.5. The maximum Gasteiger partial charge on any atom is 0.246 e. The van der Waals surface area contributed by atoms with Crippen molar-refractivity contribution in [1.82, 2.24) is 19.9 Å². The normalized spacial score (nSPS) is 23.4. The summed E-state index contributed by atoms with van der Waals surface area (Å²) in [5.74, 6) is 1.99. The van der Waals surface area contributed by atoms with Crippen LogP contribution in [-0.4, -0.2) is 89.1 Å². The molecule has 6 rings (SSSR count). The summed E-state index contributed by atoms with van der Waals surface area (Å²) in [6.07, 6.45) is 8.38. The van der Waals surface area contributed by atoms with Gasteiger partial charge in [-0.3, -0.25) is 4.79 Å². The summed E-state index contributed by atoms with van der Waals surface area (Å²) in [5, 5.41) is 15.6. The van der Waals surface area contributed by atoms with Gasteiger partial charge in [0.25, 0.3) is 0 Å². The number of sulfone groups is 1. The van der Waals surface area contributed by atoms with Crippen LogP contribution in [0.15, 0.2) is 49.3 Å². The van der Waals surface area contributed by atoms with E-state index >= 15 is 0 Å². The molecule has 11 nitrogen and oxygen atoms in total. The molecule has 2 N–H and O–H groups in total. The lowest BCUT2D eigenvalue weighted by molar-refractivity contribution is -0.133. The number of rotatable bonds is 8. The highest BCUT2D eigenvalue weighted by Gasteiger charge is 2.39. The van der Waals surface area contributed by atoms with Crippen molar-refractivity contribution < 1.29 is 18.3 Å². The van der Waals surface area contributed by atoms with Crippen LogP contribution < -0.4 is 15.1 Å². The summed E-state index contributed by atoms with van der Waals surface area (Å²) < 4.78 is 23.9. The highest BCUT2D eigenvalue weighted by Crippen LogP contribution is 2.43. The average molecular weight is 606 g/mol. The number of fused-ring (bicyclic) bond motifs is 1. The molecule has 3 fully saturated rings. The molecule has 5 heterocycles. The molecule has 3 aliphatic heterocycles. The largest absolute Gasteiger partial charge is 0.390 e. The van der Waals surface area contributed by atoms with Crippen molar-refractivity contribution in [3.63, 3.8) is 0 Å². The number of pyridine rings is 1. The number of nitrogens with zero attached hydrogens (tertiary/aromatic N) is 6. The first-order valence-electron chi connectivity index (χ1n) is 14.8. The minimum absolute atomic E-state index is 0.0638. The van der Waals surface area contributed by atoms with Crippen LogP contribution >= 0.6 is 0 Å². The first-order valence-corrected chi connectivity index (χ1v) is 16.9. The second-order valence-corrected chi connectivity index (χ2v) is 14.6. The van der Waals surface area contributed by atoms with E-state index in [1.165, 1.54) is 12.3 Å². The van der Waals surface area contributed by atoms with Crippen LogP contribution in [0.25, 0.3) is 10.8 Å². The van der Waals surface area contributed by atoms with Gasteiger partial charge >= 0.3 is 0 Å². The summed E-state index contributed by atoms with van der Waals surface area (Å²) in [4.78, 5) is 32.6. The average Bonchev–Trinajstić information content (AvgIpc) is 2.94. The second-order valence-electron chi connectivity index (χ2n) is 12.4. The Kier molecular flexibility index (Phi) is 7.54. The molecule has 0 unspecified atom stereocenters. The SMILES string of the molecule is C=CC(=O)N1CC[C@H]1c1ccc(N2C[C@H](CS(C)(=O)=O)[C@H]2C)c2cnc(Nc3ccnc(N4CCC(C)(O)CC4)n3)cc12. The molecule has 3 aromatic rings. The Bertz CT molecular complexity index is 1670. The van der Waals surface area contributed by atoms with E-state index in [4.69, 9.17) is 9.97 Å². The fourth-order valence-electron chi connectivity index (χ4n) is 6.42. The van der Waals surface area contributed by atoms with E-state index in [0.717, 1.165) is 28.4 Å². The smallest absolute Gasteiger partial charge is 0.246 e. The van der Waals surface area contributed by atoms with Crippen molar-refractivity contribution in [2.24, 2.45) is 5.92 Å². The highest BCUT2D eigenvalue weighted by molar-refractivity contribution is 7.90. The van der Waals surface area contributed by atoms with Crippen LogP contribution in [0, 0.1) is 5.92 Å². The zero-order valence-electron chi connectivity index (χ0n) is 24.9. The Labute approximate surface area is 252 Å². The van der Waals surface area contributed by atoms with Crippen LogP contribution in [0.4, 0.5) is 23.3 Å². The van der Waals surface area contributed by atoms with Gasteiger partial charge in [-0.1, -0.05) is 12.6 Å². The molecule has 0 spiro atoms. The molecule has 1 aromatic carbocycles. The molecule has 3 saturated heterocycles. The first kappa shape index (κ1) is 29.3. The van der Waals surface area contributed by atoms with Crippen LogP contribution in [0.1, 0.15) is 44.7 Å². The molecule has 0 saturated carbocycles. The number of likely N-dealkylation sites (tertiary alicyclic amines) is 1. The third kappa shape index (κ3) is 5.90. The number of piperidine rings is 1.